The first-order valence-electron chi connectivity index (χ1n) is 6.81. The molecule has 6 heteroatoms. The molecular weight excluding hydrogens is 242 g/mol. The molecule has 1 N–H and O–H groups in total. The summed E-state index contributed by atoms with van der Waals surface area (Å²) >= 11 is 0. The van der Waals surface area contributed by atoms with E-state index < -0.39 is 5.54 Å². The van der Waals surface area contributed by atoms with E-state index in [0.29, 0.717) is 12.5 Å². The number of nitrogens with one attached hydrogen (secondary N) is 1. The van der Waals surface area contributed by atoms with E-state index in [1.54, 1.807) is 6.33 Å². The maximum absolute atomic E-state index is 12.3. The topological polar surface area (TPSA) is 63.1 Å². The first-order valence-corrected chi connectivity index (χ1v) is 6.81. The summed E-state index contributed by atoms with van der Waals surface area (Å²) in [5.74, 6) is 1.49. The molecule has 0 unspecified atom stereocenters. The van der Waals surface area contributed by atoms with Crippen molar-refractivity contribution in [1.82, 2.24) is 25.0 Å². The standard InChI is InChI=1S/C13H23N5O/c1-10(2)7-18-11(14-9-16-18)8-17-6-5-15-13(3,4)12(17)19/h9-10,15H,5-8H2,1-4H3. The largest absolute Gasteiger partial charge is 0.332 e. The maximum Gasteiger partial charge on any atom is 0.242 e. The third-order valence-electron chi connectivity index (χ3n) is 3.34. The van der Waals surface area contributed by atoms with Gasteiger partial charge in [0.25, 0.3) is 0 Å². The van der Waals surface area contributed by atoms with Crippen molar-refractivity contribution >= 4 is 5.91 Å². The van der Waals surface area contributed by atoms with Gasteiger partial charge < -0.3 is 10.2 Å². The number of carbonyl (C=O) groups excluding carboxylic acids is 1. The Bertz CT molecular complexity index is 452. The molecule has 1 saturated heterocycles. The van der Waals surface area contributed by atoms with Crippen LogP contribution in [0.3, 0.4) is 0 Å². The van der Waals surface area contributed by atoms with Crippen LogP contribution in [0, 0.1) is 5.92 Å². The first kappa shape index (κ1) is 14.0. The van der Waals surface area contributed by atoms with Crippen molar-refractivity contribution in [2.45, 2.75) is 46.3 Å². The monoisotopic (exact) mass is 265 g/mol. The lowest BCUT2D eigenvalue weighted by Crippen LogP contribution is -2.60. The summed E-state index contributed by atoms with van der Waals surface area (Å²) in [6, 6.07) is 0. The number of amides is 1. The lowest BCUT2D eigenvalue weighted by molar-refractivity contribution is -0.140. The fourth-order valence-corrected chi connectivity index (χ4v) is 2.31. The van der Waals surface area contributed by atoms with Gasteiger partial charge in [-0.1, -0.05) is 13.8 Å². The van der Waals surface area contributed by atoms with Crippen molar-refractivity contribution in [2.75, 3.05) is 13.1 Å². The molecule has 1 aromatic heterocycles. The van der Waals surface area contributed by atoms with Crippen LogP contribution < -0.4 is 5.32 Å². The van der Waals surface area contributed by atoms with E-state index in [0.717, 1.165) is 25.5 Å². The second-order valence-corrected chi connectivity index (χ2v) is 6.03. The predicted molar refractivity (Wildman–Crippen MR) is 72.4 cm³/mol. The van der Waals surface area contributed by atoms with Crippen molar-refractivity contribution in [2.24, 2.45) is 5.92 Å². The van der Waals surface area contributed by atoms with Crippen LogP contribution in [-0.4, -0.2) is 44.2 Å². The molecule has 0 aliphatic carbocycles. The minimum atomic E-state index is -0.485. The Morgan fingerprint density at radius 2 is 2.21 bits per heavy atom. The van der Waals surface area contributed by atoms with Crippen LogP contribution in [0.15, 0.2) is 6.33 Å². The van der Waals surface area contributed by atoms with Crippen molar-refractivity contribution in [3.8, 4) is 0 Å². The highest BCUT2D eigenvalue weighted by Gasteiger charge is 2.35. The summed E-state index contributed by atoms with van der Waals surface area (Å²) in [5.41, 5.74) is -0.485. The molecule has 0 aromatic carbocycles. The van der Waals surface area contributed by atoms with Gasteiger partial charge in [-0.25, -0.2) is 9.67 Å². The summed E-state index contributed by atoms with van der Waals surface area (Å²) in [4.78, 5) is 18.5. The van der Waals surface area contributed by atoms with Gasteiger partial charge in [0.15, 0.2) is 0 Å². The smallest absolute Gasteiger partial charge is 0.242 e. The van der Waals surface area contributed by atoms with E-state index in [9.17, 15) is 4.79 Å². The summed E-state index contributed by atoms with van der Waals surface area (Å²) < 4.78 is 1.90. The van der Waals surface area contributed by atoms with Gasteiger partial charge in [0.1, 0.15) is 12.2 Å². The van der Waals surface area contributed by atoms with Crippen molar-refractivity contribution < 1.29 is 4.79 Å². The first-order chi connectivity index (χ1) is 8.90. The molecule has 2 rings (SSSR count). The highest BCUT2D eigenvalue weighted by Crippen LogP contribution is 2.15. The summed E-state index contributed by atoms with van der Waals surface area (Å²) in [7, 11) is 0. The number of hydrogen-bond acceptors (Lipinski definition) is 4. The maximum atomic E-state index is 12.3. The number of piperazine rings is 1. The second-order valence-electron chi connectivity index (χ2n) is 6.03. The zero-order chi connectivity index (χ0) is 14.0. The highest BCUT2D eigenvalue weighted by atomic mass is 16.2. The van der Waals surface area contributed by atoms with E-state index in [1.807, 2.05) is 23.4 Å². The second kappa shape index (κ2) is 5.28. The minimum Gasteiger partial charge on any atom is -0.332 e. The van der Waals surface area contributed by atoms with Gasteiger partial charge in [0, 0.05) is 19.6 Å². The van der Waals surface area contributed by atoms with Gasteiger partial charge >= 0.3 is 0 Å². The molecule has 19 heavy (non-hydrogen) atoms. The lowest BCUT2D eigenvalue weighted by Gasteiger charge is -2.37. The van der Waals surface area contributed by atoms with E-state index in [-0.39, 0.29) is 5.91 Å². The van der Waals surface area contributed by atoms with E-state index in [2.05, 4.69) is 29.2 Å². The quantitative estimate of drug-likeness (QED) is 0.868. The Balaban J connectivity index is 2.09. The Morgan fingerprint density at radius 3 is 2.89 bits per heavy atom. The Morgan fingerprint density at radius 1 is 1.47 bits per heavy atom. The van der Waals surface area contributed by atoms with Crippen molar-refractivity contribution in [1.29, 1.82) is 0 Å². The van der Waals surface area contributed by atoms with Crippen LogP contribution in [0.2, 0.25) is 0 Å². The molecule has 2 heterocycles. The average molecular weight is 265 g/mol. The van der Waals surface area contributed by atoms with Gasteiger partial charge in [0.05, 0.1) is 12.1 Å². The third kappa shape index (κ3) is 3.12. The minimum absolute atomic E-state index is 0.123. The average Bonchev–Trinajstić information content (AvgIpc) is 2.71. The molecule has 1 fully saturated rings. The Hall–Kier alpha value is -1.43. The van der Waals surface area contributed by atoms with Crippen LogP contribution in [-0.2, 0) is 17.9 Å². The number of nitrogens with zero attached hydrogens (tertiary/aromatic N) is 4. The molecule has 0 bridgehead atoms. The van der Waals surface area contributed by atoms with Gasteiger partial charge in [0.2, 0.25) is 5.91 Å². The predicted octanol–water partition coefficient (Wildman–Crippen LogP) is 0.644. The fraction of sp³-hybridized carbons (Fsp3) is 0.769. The summed E-state index contributed by atoms with van der Waals surface area (Å²) in [5, 5.41) is 7.47. The van der Waals surface area contributed by atoms with E-state index in [4.69, 9.17) is 0 Å². The molecule has 0 saturated carbocycles. The molecule has 0 spiro atoms. The third-order valence-corrected chi connectivity index (χ3v) is 3.34. The van der Waals surface area contributed by atoms with E-state index >= 15 is 0 Å². The lowest BCUT2D eigenvalue weighted by atomic mass is 10.0. The summed E-state index contributed by atoms with van der Waals surface area (Å²) in [6.07, 6.45) is 1.57. The zero-order valence-corrected chi connectivity index (χ0v) is 12.2. The number of rotatable bonds is 4. The highest BCUT2D eigenvalue weighted by molar-refractivity contribution is 5.86. The molecule has 1 aromatic rings. The molecule has 1 aliphatic heterocycles. The summed E-state index contributed by atoms with van der Waals surface area (Å²) in [6.45, 7) is 11.0. The van der Waals surface area contributed by atoms with Gasteiger partial charge in [-0.2, -0.15) is 5.10 Å². The molecule has 0 radical (unpaired) electrons. The molecule has 1 aliphatic rings. The zero-order valence-electron chi connectivity index (χ0n) is 12.2. The number of carbonyl (C=O) groups is 1. The van der Waals surface area contributed by atoms with Gasteiger partial charge in [-0.3, -0.25) is 4.79 Å². The number of hydrogen-bond donors (Lipinski definition) is 1. The molecule has 1 amide bonds. The molecule has 106 valence electrons. The van der Waals surface area contributed by atoms with E-state index in [1.165, 1.54) is 0 Å². The van der Waals surface area contributed by atoms with Crippen LogP contribution in [0.1, 0.15) is 33.5 Å². The SMILES string of the molecule is CC(C)Cn1ncnc1CN1CCNC(C)(C)C1=O. The molecular formula is C13H23N5O. The van der Waals surface area contributed by atoms with Crippen LogP contribution in [0.5, 0.6) is 0 Å². The van der Waals surface area contributed by atoms with Crippen molar-refractivity contribution in [3.05, 3.63) is 12.2 Å². The Kier molecular flexibility index (Phi) is 3.89. The molecule has 6 nitrogen and oxygen atoms in total. The van der Waals surface area contributed by atoms with Crippen LogP contribution in [0.25, 0.3) is 0 Å². The van der Waals surface area contributed by atoms with Gasteiger partial charge in [-0.15, -0.1) is 0 Å². The van der Waals surface area contributed by atoms with Crippen molar-refractivity contribution in [3.63, 3.8) is 0 Å². The number of aromatic nitrogens is 3. The Labute approximate surface area is 114 Å². The van der Waals surface area contributed by atoms with Crippen LogP contribution >= 0.6 is 0 Å². The van der Waals surface area contributed by atoms with Crippen LogP contribution in [0.4, 0.5) is 0 Å². The van der Waals surface area contributed by atoms with Gasteiger partial charge in [-0.05, 0) is 19.8 Å². The fourth-order valence-electron chi connectivity index (χ4n) is 2.31. The molecule has 0 atom stereocenters. The normalized spacial score (nSPS) is 19.2.